The summed E-state index contributed by atoms with van der Waals surface area (Å²) in [6.07, 6.45) is 2.55. The summed E-state index contributed by atoms with van der Waals surface area (Å²) >= 11 is 0. The number of hydrogen-bond donors (Lipinski definition) is 3. The number of nitrogens with two attached hydrogens (primary N) is 1. The van der Waals surface area contributed by atoms with Crippen LogP contribution in [0.4, 0.5) is 0 Å². The van der Waals surface area contributed by atoms with Gasteiger partial charge in [0.05, 0.1) is 40.5 Å². The van der Waals surface area contributed by atoms with Gasteiger partial charge in [0.1, 0.15) is 39.6 Å². The average Bonchev–Trinajstić information content (AvgIpc) is 3.22. The van der Waals surface area contributed by atoms with Gasteiger partial charge >= 0.3 is 0 Å². The summed E-state index contributed by atoms with van der Waals surface area (Å²) in [5.74, 6) is 1.06. The Morgan fingerprint density at radius 2 is 0.793 bits per heavy atom. The summed E-state index contributed by atoms with van der Waals surface area (Å²) in [5, 5.41) is 28.1. The molecule has 312 valence electrons. The molecule has 1 aliphatic rings. The Morgan fingerprint density at radius 1 is 0.534 bits per heavy atom. The lowest BCUT2D eigenvalue weighted by Gasteiger charge is -2.59. The van der Waals surface area contributed by atoms with Gasteiger partial charge in [0.25, 0.3) is 0 Å². The molecule has 0 unspecified atom stereocenters. The van der Waals surface area contributed by atoms with Crippen molar-refractivity contribution >= 4 is 11.8 Å². The second-order valence-electron chi connectivity index (χ2n) is 17.7. The Bertz CT molecular complexity index is 1770. The first-order chi connectivity index (χ1) is 27.3. The Labute approximate surface area is 344 Å². The van der Waals surface area contributed by atoms with Gasteiger partial charge in [0.15, 0.2) is 0 Å². The summed E-state index contributed by atoms with van der Waals surface area (Å²) in [6, 6.07) is 26.2. The van der Waals surface area contributed by atoms with E-state index in [-0.39, 0.29) is 12.8 Å². The normalized spacial score (nSPS) is 15.8. The monoisotopic (exact) mass is 794 g/mol. The van der Waals surface area contributed by atoms with Crippen LogP contribution in [0.1, 0.15) is 95.9 Å². The molecular formula is C48H62N2O8. The molecule has 0 aliphatic heterocycles. The van der Waals surface area contributed by atoms with E-state index in [9.17, 15) is 15.0 Å². The molecule has 0 bridgehead atoms. The number of hydrogen-bond acceptors (Lipinski definition) is 8. The van der Waals surface area contributed by atoms with Crippen LogP contribution in [0, 0.1) is 16.2 Å². The van der Waals surface area contributed by atoms with Gasteiger partial charge in [-0.15, -0.1) is 0 Å². The number of carbonyl (C=O) groups excluding carboxylic acids is 2. The van der Waals surface area contributed by atoms with Gasteiger partial charge in [0.2, 0.25) is 11.8 Å². The maximum atomic E-state index is 16.4. The molecule has 10 heteroatoms. The minimum Gasteiger partial charge on any atom is -0.497 e. The lowest BCUT2D eigenvalue weighted by molar-refractivity contribution is -0.186. The molecule has 1 saturated carbocycles. The molecule has 0 aromatic heterocycles. The third-order valence-electron chi connectivity index (χ3n) is 11.9. The highest BCUT2D eigenvalue weighted by molar-refractivity contribution is 6.05. The van der Waals surface area contributed by atoms with Crippen LogP contribution >= 0.6 is 0 Å². The van der Waals surface area contributed by atoms with E-state index in [0.717, 1.165) is 6.42 Å². The van der Waals surface area contributed by atoms with Gasteiger partial charge in [-0.2, -0.15) is 0 Å². The lowest BCUT2D eigenvalue weighted by atomic mass is 9.62. The molecule has 0 radical (unpaired) electrons. The Morgan fingerprint density at radius 3 is 1.00 bits per heavy atom. The van der Waals surface area contributed by atoms with Crippen LogP contribution in [0.2, 0.25) is 0 Å². The minimum atomic E-state index is -1.97. The molecule has 1 aliphatic carbocycles. The van der Waals surface area contributed by atoms with Gasteiger partial charge in [-0.1, -0.05) is 109 Å². The first-order valence-corrected chi connectivity index (χ1v) is 20.0. The molecule has 0 saturated heterocycles. The number of amides is 2. The van der Waals surface area contributed by atoms with Crippen LogP contribution in [-0.2, 0) is 20.8 Å². The third-order valence-corrected chi connectivity index (χ3v) is 11.9. The van der Waals surface area contributed by atoms with Crippen molar-refractivity contribution in [2.75, 3.05) is 28.4 Å². The fraction of sp³-hybridized carbons (Fsp3) is 0.458. The van der Waals surface area contributed by atoms with Crippen LogP contribution in [-0.4, -0.2) is 67.5 Å². The summed E-state index contributed by atoms with van der Waals surface area (Å²) < 4.78 is 22.2. The number of carbonyl (C=O) groups is 2. The zero-order valence-electron chi connectivity index (χ0n) is 35.8. The van der Waals surface area contributed by atoms with Crippen LogP contribution in [0.5, 0.6) is 23.0 Å². The van der Waals surface area contributed by atoms with Gasteiger partial charge in [0, 0.05) is 0 Å². The quantitative estimate of drug-likeness (QED) is 0.109. The number of ether oxygens (including phenoxy) is 4. The van der Waals surface area contributed by atoms with E-state index in [0.29, 0.717) is 58.1 Å². The number of primary amides is 1. The van der Waals surface area contributed by atoms with Crippen LogP contribution in [0.25, 0.3) is 0 Å². The van der Waals surface area contributed by atoms with Gasteiger partial charge in [-0.3, -0.25) is 9.59 Å². The second-order valence-corrected chi connectivity index (χ2v) is 17.7. The number of nitrogens with zero attached hydrogens (tertiary/aromatic N) is 1. The molecule has 4 aromatic carbocycles. The first kappa shape index (κ1) is 44.1. The smallest absolute Gasteiger partial charge is 0.239 e. The van der Waals surface area contributed by atoms with Crippen molar-refractivity contribution in [3.05, 3.63) is 119 Å². The van der Waals surface area contributed by atoms with Crippen molar-refractivity contribution in [3.63, 3.8) is 0 Å². The number of aliphatic hydroxyl groups is 2. The minimum absolute atomic E-state index is 0.235. The molecule has 4 N–H and O–H groups in total. The summed E-state index contributed by atoms with van der Waals surface area (Å²) in [7, 11) is 6.29. The largest absolute Gasteiger partial charge is 0.497 e. The fourth-order valence-corrected chi connectivity index (χ4v) is 9.19. The van der Waals surface area contributed by atoms with Crippen molar-refractivity contribution in [1.82, 2.24) is 4.90 Å². The van der Waals surface area contributed by atoms with Crippen molar-refractivity contribution in [3.8, 4) is 23.0 Å². The highest BCUT2D eigenvalue weighted by atomic mass is 16.5. The molecular weight excluding hydrogens is 733 g/mol. The zero-order valence-corrected chi connectivity index (χ0v) is 35.8. The first-order valence-electron chi connectivity index (χ1n) is 20.0. The maximum Gasteiger partial charge on any atom is 0.239 e. The van der Waals surface area contributed by atoms with E-state index in [1.54, 1.807) is 130 Å². The van der Waals surface area contributed by atoms with Crippen LogP contribution < -0.4 is 24.7 Å². The van der Waals surface area contributed by atoms with Gasteiger partial charge in [-0.05, 0) is 94.5 Å². The topological polar surface area (TPSA) is 141 Å². The van der Waals surface area contributed by atoms with E-state index in [2.05, 4.69) is 0 Å². The van der Waals surface area contributed by atoms with Gasteiger partial charge < -0.3 is 39.8 Å². The SMILES string of the molecule is COc1ccc(C(O)(c2ccc(OC)cc2)[C@H](N(C(=O)C2(C(N)=O)CCCCC2)[C@H](C(C)(C)C)C(O)(c2ccc(OC)cc2)c2ccc(OC)cc2)C(C)(C)C)cc1. The molecule has 2 amide bonds. The van der Waals surface area contributed by atoms with Gasteiger partial charge in [-0.25, -0.2) is 0 Å². The highest BCUT2D eigenvalue weighted by Crippen LogP contribution is 2.53. The molecule has 4 aromatic rings. The Hall–Kier alpha value is -5.06. The van der Waals surface area contributed by atoms with Crippen molar-refractivity contribution < 1.29 is 38.7 Å². The molecule has 2 atom stereocenters. The van der Waals surface area contributed by atoms with Crippen LogP contribution in [0.3, 0.4) is 0 Å². The Balaban J connectivity index is 2.00. The number of methoxy groups -OCH3 is 4. The Kier molecular flexibility index (Phi) is 12.9. The lowest BCUT2D eigenvalue weighted by Crippen LogP contribution is -2.71. The van der Waals surface area contributed by atoms with Crippen LogP contribution in [0.15, 0.2) is 97.1 Å². The van der Waals surface area contributed by atoms with E-state index in [4.69, 9.17) is 24.7 Å². The predicted octanol–water partition coefficient (Wildman–Crippen LogP) is 7.99. The fourth-order valence-electron chi connectivity index (χ4n) is 9.19. The maximum absolute atomic E-state index is 16.4. The molecule has 0 spiro atoms. The number of rotatable bonds is 14. The highest BCUT2D eigenvalue weighted by Gasteiger charge is 2.62. The summed E-state index contributed by atoms with van der Waals surface area (Å²) in [6.45, 7) is 11.8. The van der Waals surface area contributed by atoms with Crippen molar-refractivity contribution in [1.29, 1.82) is 0 Å². The van der Waals surface area contributed by atoms with E-state index >= 15 is 4.79 Å². The van der Waals surface area contributed by atoms with E-state index in [1.807, 2.05) is 41.5 Å². The predicted molar refractivity (Wildman–Crippen MR) is 226 cm³/mol. The molecule has 0 heterocycles. The van der Waals surface area contributed by atoms with E-state index < -0.39 is 51.3 Å². The molecule has 5 rings (SSSR count). The van der Waals surface area contributed by atoms with Crippen molar-refractivity contribution in [2.45, 2.75) is 96.9 Å². The zero-order chi connectivity index (χ0) is 42.7. The molecule has 1 fully saturated rings. The van der Waals surface area contributed by atoms with Crippen molar-refractivity contribution in [2.24, 2.45) is 22.0 Å². The standard InChI is InChI=1S/C48H62N2O8/c1-44(2,3)40(47(53,32-14-22-36(55-7)23-15-32)33-16-24-37(56-8)25-17-33)50(43(52)46(42(49)51)30-12-11-13-31-46)41(45(4,5)6)48(54,34-18-26-38(57-9)27-19-34)35-20-28-39(58-10)29-21-35/h14-29,40-41,53-54H,11-13,30-31H2,1-10H3,(H2,49,51)/t40-,41-/m1/s1. The third kappa shape index (κ3) is 8.14. The molecule has 58 heavy (non-hydrogen) atoms. The van der Waals surface area contributed by atoms with E-state index in [1.165, 1.54) is 0 Å². The number of benzene rings is 4. The molecule has 10 nitrogen and oxygen atoms in total. The average molecular weight is 795 g/mol. The summed E-state index contributed by atoms with van der Waals surface area (Å²) in [4.78, 5) is 32.1. The summed E-state index contributed by atoms with van der Waals surface area (Å²) in [5.41, 5.74) is 0.825. The second kappa shape index (κ2) is 17.0.